The molecule has 4 nitrogen and oxygen atoms in total. The predicted octanol–water partition coefficient (Wildman–Crippen LogP) is 0.369. The molecule has 1 aromatic rings. The molecule has 0 aromatic heterocycles. The van der Waals surface area contributed by atoms with Crippen LogP contribution in [0.1, 0.15) is 10.4 Å². The number of hydrogen-bond donors (Lipinski definition) is 1. The van der Waals surface area contributed by atoms with Crippen molar-refractivity contribution in [1.29, 1.82) is 0 Å². The van der Waals surface area contributed by atoms with E-state index in [0.29, 0.717) is 6.54 Å². The highest BCUT2D eigenvalue weighted by Gasteiger charge is 2.01. The summed E-state index contributed by atoms with van der Waals surface area (Å²) in [5.41, 5.74) is 0.269. The number of hydrogen-bond acceptors (Lipinski definition) is 3. The van der Waals surface area contributed by atoms with Gasteiger partial charge in [-0.2, -0.15) is 10.2 Å². The van der Waals surface area contributed by atoms with Crippen molar-refractivity contribution in [2.75, 3.05) is 6.54 Å². The Morgan fingerprint density at radius 3 is 3.00 bits per heavy atom. The molecule has 0 saturated heterocycles. The molecular weight excluding hydrogens is 180 g/mol. The number of azo groups is 1. The lowest BCUT2D eigenvalue weighted by atomic mass is 10.1. The second-order valence-corrected chi connectivity index (χ2v) is 2.92. The number of carboxylic acids is 1. The van der Waals surface area contributed by atoms with Gasteiger partial charge in [0.2, 0.25) is 0 Å². The van der Waals surface area contributed by atoms with E-state index in [1.165, 1.54) is 0 Å². The van der Waals surface area contributed by atoms with Crippen molar-refractivity contribution in [3.05, 3.63) is 34.2 Å². The first kappa shape index (κ1) is 8.62. The number of nitrogens with zero attached hydrogens (tertiary/aromatic N) is 2. The largest absolute Gasteiger partial charge is 0.478 e. The van der Waals surface area contributed by atoms with Crippen LogP contribution < -0.4 is 10.4 Å². The number of benzene rings is 1. The highest BCUT2D eigenvalue weighted by atomic mass is 16.4. The molecule has 1 aliphatic rings. The SMILES string of the molecule is O=C(O)c1ccc2c(c1)=CN=NCC=2. The number of rotatable bonds is 1. The Balaban J connectivity index is 2.69. The molecule has 4 heteroatoms. The summed E-state index contributed by atoms with van der Waals surface area (Å²) in [4.78, 5) is 10.7. The third kappa shape index (κ3) is 1.54. The van der Waals surface area contributed by atoms with Crippen molar-refractivity contribution in [2.45, 2.75) is 0 Å². The van der Waals surface area contributed by atoms with Crippen molar-refractivity contribution in [1.82, 2.24) is 0 Å². The van der Waals surface area contributed by atoms with Crippen LogP contribution in [0.15, 0.2) is 28.4 Å². The topological polar surface area (TPSA) is 62.0 Å². The van der Waals surface area contributed by atoms with E-state index in [9.17, 15) is 4.79 Å². The van der Waals surface area contributed by atoms with Gasteiger partial charge in [0.15, 0.2) is 0 Å². The molecule has 70 valence electrons. The molecule has 0 saturated carbocycles. The Labute approximate surface area is 79.9 Å². The third-order valence-corrected chi connectivity index (χ3v) is 2.01. The fourth-order valence-electron chi connectivity index (χ4n) is 1.29. The highest BCUT2D eigenvalue weighted by molar-refractivity contribution is 5.87. The van der Waals surface area contributed by atoms with Gasteiger partial charge in [-0.25, -0.2) is 4.79 Å². The zero-order chi connectivity index (χ0) is 9.97. The second-order valence-electron chi connectivity index (χ2n) is 2.92. The summed E-state index contributed by atoms with van der Waals surface area (Å²) >= 11 is 0. The Kier molecular flexibility index (Phi) is 2.10. The molecule has 1 aliphatic heterocycles. The third-order valence-electron chi connectivity index (χ3n) is 2.01. The Hall–Kier alpha value is -1.97. The van der Waals surface area contributed by atoms with Crippen LogP contribution in [0.3, 0.4) is 0 Å². The van der Waals surface area contributed by atoms with Crippen LogP contribution in [0.2, 0.25) is 0 Å². The maximum Gasteiger partial charge on any atom is 0.335 e. The number of aromatic carboxylic acids is 1. The summed E-state index contributed by atoms with van der Waals surface area (Å²) in [6.45, 7) is 0.538. The van der Waals surface area contributed by atoms with Crippen molar-refractivity contribution < 1.29 is 9.90 Å². The molecule has 0 fully saturated rings. The lowest BCUT2D eigenvalue weighted by molar-refractivity contribution is 0.0697. The summed E-state index contributed by atoms with van der Waals surface area (Å²) in [7, 11) is 0. The van der Waals surface area contributed by atoms with Crippen LogP contribution in [0.4, 0.5) is 0 Å². The quantitative estimate of drug-likeness (QED) is 0.692. The minimum Gasteiger partial charge on any atom is -0.478 e. The van der Waals surface area contributed by atoms with E-state index in [0.717, 1.165) is 10.4 Å². The molecule has 1 N–H and O–H groups in total. The van der Waals surface area contributed by atoms with Gasteiger partial charge in [0.1, 0.15) is 0 Å². The average molecular weight is 188 g/mol. The van der Waals surface area contributed by atoms with Gasteiger partial charge in [0.05, 0.1) is 18.3 Å². The van der Waals surface area contributed by atoms with Gasteiger partial charge in [-0.05, 0) is 17.4 Å². The van der Waals surface area contributed by atoms with E-state index in [1.807, 2.05) is 6.08 Å². The smallest absolute Gasteiger partial charge is 0.335 e. The molecule has 1 heterocycles. The second kappa shape index (κ2) is 3.41. The average Bonchev–Trinajstić information content (AvgIpc) is 2.41. The summed E-state index contributed by atoms with van der Waals surface area (Å²) in [5, 5.41) is 18.2. The lowest BCUT2D eigenvalue weighted by Gasteiger charge is -1.93. The van der Waals surface area contributed by atoms with Gasteiger partial charge < -0.3 is 5.11 Å². The molecule has 14 heavy (non-hydrogen) atoms. The maximum atomic E-state index is 10.7. The fraction of sp³-hybridized carbons (Fsp3) is 0.100. The van der Waals surface area contributed by atoms with E-state index in [1.54, 1.807) is 24.4 Å². The first-order chi connectivity index (χ1) is 6.77. The van der Waals surface area contributed by atoms with E-state index in [4.69, 9.17) is 5.11 Å². The zero-order valence-corrected chi connectivity index (χ0v) is 7.34. The van der Waals surface area contributed by atoms with Gasteiger partial charge in [-0.1, -0.05) is 12.1 Å². The van der Waals surface area contributed by atoms with Crippen LogP contribution in [-0.4, -0.2) is 17.6 Å². The Morgan fingerprint density at radius 1 is 1.36 bits per heavy atom. The summed E-state index contributed by atoms with van der Waals surface area (Å²) in [5.74, 6) is -0.928. The fourth-order valence-corrected chi connectivity index (χ4v) is 1.29. The van der Waals surface area contributed by atoms with E-state index in [2.05, 4.69) is 10.2 Å². The van der Waals surface area contributed by atoms with Gasteiger partial charge in [-0.3, -0.25) is 0 Å². The Bertz CT molecular complexity index is 517. The molecule has 0 unspecified atom stereocenters. The Morgan fingerprint density at radius 2 is 2.21 bits per heavy atom. The molecule has 0 aliphatic carbocycles. The van der Waals surface area contributed by atoms with Crippen LogP contribution in [-0.2, 0) is 0 Å². The minimum absolute atomic E-state index is 0.269. The highest BCUT2D eigenvalue weighted by Crippen LogP contribution is 1.92. The van der Waals surface area contributed by atoms with Crippen molar-refractivity contribution in [3.8, 4) is 0 Å². The summed E-state index contributed by atoms with van der Waals surface area (Å²) in [6, 6.07) is 4.95. The monoisotopic (exact) mass is 188 g/mol. The van der Waals surface area contributed by atoms with Gasteiger partial charge in [0, 0.05) is 5.22 Å². The van der Waals surface area contributed by atoms with Crippen LogP contribution in [0, 0.1) is 0 Å². The molecule has 0 bridgehead atoms. The lowest BCUT2D eigenvalue weighted by Crippen LogP contribution is -2.25. The molecule has 0 amide bonds. The standard InChI is InChI=1S/C10H8N2O2/c13-10(14)8-2-1-7-3-4-11-12-6-9(7)5-8/h1-3,5-6H,4H2,(H,13,14). The van der Waals surface area contributed by atoms with E-state index in [-0.39, 0.29) is 5.56 Å². The molecule has 0 radical (unpaired) electrons. The maximum absolute atomic E-state index is 10.7. The van der Waals surface area contributed by atoms with E-state index < -0.39 is 5.97 Å². The molecule has 1 aromatic carbocycles. The molecule has 0 atom stereocenters. The number of carbonyl (C=O) groups is 1. The zero-order valence-electron chi connectivity index (χ0n) is 7.34. The minimum atomic E-state index is -0.928. The van der Waals surface area contributed by atoms with Crippen LogP contribution >= 0.6 is 0 Å². The van der Waals surface area contributed by atoms with Gasteiger partial charge in [0.25, 0.3) is 0 Å². The summed E-state index contributed by atoms with van der Waals surface area (Å²) in [6.07, 6.45) is 3.49. The number of fused-ring (bicyclic) bond motifs is 1. The van der Waals surface area contributed by atoms with Gasteiger partial charge >= 0.3 is 5.97 Å². The summed E-state index contributed by atoms with van der Waals surface area (Å²) < 4.78 is 0. The number of carboxylic acid groups (broad SMARTS) is 1. The van der Waals surface area contributed by atoms with Crippen molar-refractivity contribution in [2.24, 2.45) is 10.2 Å². The first-order valence-electron chi connectivity index (χ1n) is 4.18. The van der Waals surface area contributed by atoms with Crippen LogP contribution in [0.25, 0.3) is 12.3 Å². The normalized spacial score (nSPS) is 13.4. The van der Waals surface area contributed by atoms with Gasteiger partial charge in [-0.15, -0.1) is 0 Å². The van der Waals surface area contributed by atoms with Crippen LogP contribution in [0.5, 0.6) is 0 Å². The van der Waals surface area contributed by atoms with Crippen molar-refractivity contribution >= 4 is 18.2 Å². The molecular formula is C10H8N2O2. The first-order valence-corrected chi connectivity index (χ1v) is 4.18. The molecule has 0 spiro atoms. The molecule has 2 rings (SSSR count). The van der Waals surface area contributed by atoms with Crippen molar-refractivity contribution in [3.63, 3.8) is 0 Å². The van der Waals surface area contributed by atoms with E-state index >= 15 is 0 Å². The predicted molar refractivity (Wildman–Crippen MR) is 51.3 cm³/mol.